The van der Waals surface area contributed by atoms with Gasteiger partial charge in [0.1, 0.15) is 71.8 Å². The molecule has 4 saturated heterocycles. The standard InChI is InChI=1S/C62H86N12O16/c1-27(2)42-59(84)73-23-17-19-36(73)57(82)69(13)25-38(75)71(15)48(29(5)6)61(86)88-33(11)44(55(80)65-42)67-53(78)35-22-21-31(9)51-46(35)64-47-40(41(63)50(77)32(10)52(47)90-51)54(79)68-45-34(12)89-62(87)49(30(7)8)72(16)39(76)26-70(14)58(83)37-20-18-24-74(37)60(85)43(28(3)4)66-56(45)81/h21-22,27-30,33-34,36-37,42-45,48-49H,17-20,23-26,63H2,1-16H3,(H,65,80)(H,66,81)(H,67,78)(H,68,79)/t33-,34-,36-,37-,42-,43-,44?,45-,48-,49-/m0/s1. The van der Waals surface area contributed by atoms with Gasteiger partial charge in [0.2, 0.25) is 52.7 Å². The molecule has 5 heterocycles. The molecule has 4 fully saturated rings. The highest BCUT2D eigenvalue weighted by Crippen LogP contribution is 2.35. The number of nitrogen functional groups attached to an aromatic ring is 1. The normalized spacial score (nSPS) is 26.2. The second-order valence-electron chi connectivity index (χ2n) is 25.5. The van der Waals surface area contributed by atoms with Crippen LogP contribution in [0, 0.1) is 37.5 Å². The van der Waals surface area contributed by atoms with Gasteiger partial charge in [-0.1, -0.05) is 61.5 Å². The number of benzene rings is 2. The number of hydrogen-bond acceptors (Lipinski definition) is 18. The lowest BCUT2D eigenvalue weighted by Gasteiger charge is -2.36. The Morgan fingerprint density at radius 2 is 1.03 bits per heavy atom. The van der Waals surface area contributed by atoms with Crippen molar-refractivity contribution in [3.8, 4) is 11.5 Å². The number of nitrogens with one attached hydrogen (secondary N) is 4. The summed E-state index contributed by atoms with van der Waals surface area (Å²) in [5, 5.41) is 10.7. The number of nitrogens with two attached hydrogens (primary N) is 1. The molecule has 5 aliphatic heterocycles. The number of hydrogen-bond donors (Lipinski definition) is 5. The van der Waals surface area contributed by atoms with E-state index in [1.807, 2.05) is 0 Å². The number of ether oxygens (including phenoxy) is 2. The predicted octanol–water partition coefficient (Wildman–Crippen LogP) is 0.726. The van der Waals surface area contributed by atoms with Crippen molar-refractivity contribution in [2.75, 3.05) is 60.1 Å². The highest BCUT2D eigenvalue weighted by atomic mass is 16.6. The lowest BCUT2D eigenvalue weighted by Crippen LogP contribution is -2.61. The summed E-state index contributed by atoms with van der Waals surface area (Å²) >= 11 is 0. The molecule has 10 amide bonds. The number of cyclic esters (lactones) is 2. The number of anilines is 1. The third-order valence-corrected chi connectivity index (χ3v) is 17.5. The highest BCUT2D eigenvalue weighted by molar-refractivity contribution is 6.10. The van der Waals surface area contributed by atoms with E-state index in [2.05, 4.69) is 21.3 Å². The minimum atomic E-state index is -1.88. The number of nitrogens with zero attached hydrogens (tertiary/aromatic N) is 7. The van der Waals surface area contributed by atoms with Gasteiger partial charge in [-0.2, -0.15) is 0 Å². The summed E-state index contributed by atoms with van der Waals surface area (Å²) in [7, 11) is 5.59. The van der Waals surface area contributed by atoms with E-state index in [1.165, 1.54) is 80.7 Å². The molecule has 0 spiro atoms. The third-order valence-electron chi connectivity index (χ3n) is 17.5. The first-order chi connectivity index (χ1) is 42.1. The zero-order valence-corrected chi connectivity index (χ0v) is 54.1. The van der Waals surface area contributed by atoms with E-state index in [0.29, 0.717) is 18.4 Å². The van der Waals surface area contributed by atoms with Crippen LogP contribution >= 0.6 is 0 Å². The number of fused-ring (bicyclic) bond motifs is 4. The summed E-state index contributed by atoms with van der Waals surface area (Å²) in [4.78, 5) is 199. The molecule has 7 rings (SSSR count). The van der Waals surface area contributed by atoms with E-state index < -0.39 is 191 Å². The van der Waals surface area contributed by atoms with Crippen LogP contribution in [0.4, 0.5) is 5.69 Å². The lowest BCUT2D eigenvalue weighted by molar-refractivity contribution is -0.163. The van der Waals surface area contributed by atoms with Crippen molar-refractivity contribution in [2.45, 2.75) is 169 Å². The van der Waals surface area contributed by atoms with Crippen LogP contribution in [-0.4, -0.2) is 220 Å². The zero-order valence-electron chi connectivity index (χ0n) is 54.1. The van der Waals surface area contributed by atoms with Gasteiger partial charge in [-0.3, -0.25) is 52.7 Å². The summed E-state index contributed by atoms with van der Waals surface area (Å²) in [5.41, 5.74) is 3.57. The average molecular weight is 1260 g/mol. The van der Waals surface area contributed by atoms with Gasteiger partial charge in [0, 0.05) is 46.8 Å². The molecule has 0 radical (unpaired) electrons. The predicted molar refractivity (Wildman–Crippen MR) is 325 cm³/mol. The number of carbonyl (C=O) groups is 12. The molecule has 1 aliphatic carbocycles. The van der Waals surface area contributed by atoms with E-state index in [-0.39, 0.29) is 53.9 Å². The Labute approximate surface area is 522 Å². The molecule has 0 bridgehead atoms. The maximum Gasteiger partial charge on any atom is 0.329 e. The fourth-order valence-corrected chi connectivity index (χ4v) is 12.3. The number of rotatable bonds is 8. The molecular formula is C62H86N12O16. The first kappa shape index (κ1) is 68.8. The Bertz CT molecular complexity index is 3420. The number of esters is 2. The van der Waals surface area contributed by atoms with Gasteiger partial charge >= 0.3 is 11.9 Å². The van der Waals surface area contributed by atoms with Crippen LogP contribution in [0.2, 0.25) is 0 Å². The van der Waals surface area contributed by atoms with Crippen molar-refractivity contribution in [1.82, 2.24) is 55.7 Å². The second kappa shape index (κ2) is 27.6. The van der Waals surface area contributed by atoms with Gasteiger partial charge in [0.15, 0.2) is 11.3 Å². The lowest BCUT2D eigenvalue weighted by atomic mass is 9.98. The summed E-state index contributed by atoms with van der Waals surface area (Å²) in [6.45, 7) is 18.4. The number of carbonyl (C=O) groups excluding carboxylic acids is 12. The Hall–Kier alpha value is -8.72. The first-order valence-electron chi connectivity index (χ1n) is 30.5. The Balaban J connectivity index is 1.32. The van der Waals surface area contributed by atoms with Crippen molar-refractivity contribution < 1.29 is 71.4 Å². The van der Waals surface area contributed by atoms with Crippen LogP contribution in [0.25, 0.3) is 22.6 Å². The van der Waals surface area contributed by atoms with Gasteiger partial charge in [-0.25, -0.2) is 14.6 Å². The fourth-order valence-electron chi connectivity index (χ4n) is 12.3. The first-order valence-corrected chi connectivity index (χ1v) is 30.5. The minimum absolute atomic E-state index is 0.0763. The Kier molecular flexibility index (Phi) is 21.1. The van der Waals surface area contributed by atoms with Gasteiger partial charge in [-0.05, 0) is 88.7 Å². The molecule has 0 aromatic heterocycles. The van der Waals surface area contributed by atoms with E-state index in [9.17, 15) is 52.7 Å². The topological polar surface area (TPSA) is 360 Å². The maximum atomic E-state index is 15.2. The molecule has 6 N–H and O–H groups in total. The smallest absolute Gasteiger partial charge is 0.329 e. The number of amides is 10. The van der Waals surface area contributed by atoms with Crippen LogP contribution in [0.5, 0.6) is 0 Å². The molecule has 10 atom stereocenters. The Morgan fingerprint density at radius 1 is 0.611 bits per heavy atom. The largest absolute Gasteiger partial charge is 0.458 e. The molecule has 6 aliphatic rings. The van der Waals surface area contributed by atoms with Gasteiger partial charge < -0.3 is 70.3 Å². The van der Waals surface area contributed by atoms with E-state index in [0.717, 1.165) is 9.80 Å². The quantitative estimate of drug-likeness (QED) is 0.118. The molecule has 90 heavy (non-hydrogen) atoms. The van der Waals surface area contributed by atoms with Crippen molar-refractivity contribution >= 4 is 87.8 Å². The SMILES string of the molecule is Cc1c2oc3c(C)ccc(C(=O)NC4C(=O)N[C@@H](C(C)C)C(=O)N5CCC[C@H]5C(=O)N(C)CC(=O)N(C)[C@@H](C(C)C)C(=O)O[C@H]4C)c3nc-2c(C(=O)N[C@@H]2C(=O)N[C@@H](C(C)C)C(=O)N3CCC[C@H]3C(=O)N(C)CC(=O)N(C)[C@@H](C(C)C)C(=O)O[C@H]2C)c(N)c1=O. The van der Waals surface area contributed by atoms with Crippen LogP contribution in [0.1, 0.15) is 127 Å². The summed E-state index contributed by atoms with van der Waals surface area (Å²) < 4.78 is 18.3. The maximum absolute atomic E-state index is 15.2. The molecule has 1 unspecified atom stereocenters. The van der Waals surface area contributed by atoms with Gasteiger partial charge in [0.05, 0.1) is 29.9 Å². The molecule has 1 aromatic carbocycles. The number of likely N-dealkylation sites (N-methyl/N-ethyl adjacent to an activating group) is 4. The van der Waals surface area contributed by atoms with Crippen molar-refractivity contribution in [3.05, 3.63) is 44.6 Å². The molecule has 1 aromatic rings. The molecule has 0 saturated carbocycles. The minimum Gasteiger partial charge on any atom is -0.458 e. The van der Waals surface area contributed by atoms with Gasteiger partial charge in [-0.15, -0.1) is 0 Å². The fraction of sp³-hybridized carbons (Fsp3) is 0.613. The van der Waals surface area contributed by atoms with Crippen molar-refractivity contribution in [1.29, 1.82) is 0 Å². The molecule has 28 heteroatoms. The summed E-state index contributed by atoms with van der Waals surface area (Å²) in [6.07, 6.45) is -1.65. The van der Waals surface area contributed by atoms with Gasteiger partial charge in [0.25, 0.3) is 11.8 Å². The summed E-state index contributed by atoms with van der Waals surface area (Å²) in [6, 6.07) is -7.90. The van der Waals surface area contributed by atoms with E-state index in [1.54, 1.807) is 62.3 Å². The third kappa shape index (κ3) is 13.7. The number of aryl methyl sites for hydroxylation is 1. The van der Waals surface area contributed by atoms with E-state index in [4.69, 9.17) is 24.6 Å². The van der Waals surface area contributed by atoms with Crippen LogP contribution in [0.3, 0.4) is 0 Å². The van der Waals surface area contributed by atoms with E-state index >= 15 is 9.59 Å². The Morgan fingerprint density at radius 3 is 1.44 bits per heavy atom. The average Bonchev–Trinajstić information content (AvgIpc) is 0.893. The molecular weight excluding hydrogens is 1170 g/mol. The molecule has 490 valence electrons. The van der Waals surface area contributed by atoms with Crippen LogP contribution in [0.15, 0.2) is 21.3 Å². The summed E-state index contributed by atoms with van der Waals surface area (Å²) in [5.74, 6) is -12.4. The highest BCUT2D eigenvalue weighted by Gasteiger charge is 2.46. The number of aromatic nitrogens is 1. The second-order valence-corrected chi connectivity index (χ2v) is 25.5. The van der Waals surface area contributed by atoms with Crippen LogP contribution < -0.4 is 32.4 Å². The zero-order chi connectivity index (χ0) is 67.0. The van der Waals surface area contributed by atoms with Crippen molar-refractivity contribution in [3.63, 3.8) is 0 Å². The monoisotopic (exact) mass is 1250 g/mol. The van der Waals surface area contributed by atoms with Crippen molar-refractivity contribution in [2.24, 2.45) is 23.7 Å². The molecule has 28 nitrogen and oxygen atoms in total. The van der Waals surface area contributed by atoms with Crippen LogP contribution in [-0.2, 0) is 57.4 Å².